The van der Waals surface area contributed by atoms with E-state index >= 15 is 0 Å². The van der Waals surface area contributed by atoms with Crippen molar-refractivity contribution in [2.75, 3.05) is 18.5 Å². The van der Waals surface area contributed by atoms with E-state index in [4.69, 9.17) is 5.73 Å². The van der Waals surface area contributed by atoms with Gasteiger partial charge in [-0.05, 0) is 42.9 Å². The lowest BCUT2D eigenvalue weighted by Crippen LogP contribution is -2.57. The van der Waals surface area contributed by atoms with Crippen molar-refractivity contribution in [1.29, 1.82) is 0 Å². The number of hydrogen-bond donors (Lipinski definition) is 2. The second-order valence-corrected chi connectivity index (χ2v) is 5.50. The van der Waals surface area contributed by atoms with Crippen LogP contribution in [0.25, 0.3) is 0 Å². The quantitative estimate of drug-likeness (QED) is 0.821. The Kier molecular flexibility index (Phi) is 3.80. The molecular formula is C15H22N2O2. The number of likely N-dealkylation sites (N-methyl/N-ethyl adjacent to an activating group) is 1. The van der Waals surface area contributed by atoms with E-state index < -0.39 is 11.5 Å². The summed E-state index contributed by atoms with van der Waals surface area (Å²) in [5.74, 6) is -0.783. The minimum Gasteiger partial charge on any atom is -0.480 e. The molecule has 0 aliphatic heterocycles. The van der Waals surface area contributed by atoms with Crippen molar-refractivity contribution in [3.8, 4) is 0 Å². The van der Waals surface area contributed by atoms with Crippen molar-refractivity contribution >= 4 is 11.7 Å². The Morgan fingerprint density at radius 2 is 2.00 bits per heavy atom. The third-order valence-corrected chi connectivity index (χ3v) is 3.99. The topological polar surface area (TPSA) is 66.6 Å². The van der Waals surface area contributed by atoms with Gasteiger partial charge in [-0.15, -0.1) is 0 Å². The molecule has 104 valence electrons. The Morgan fingerprint density at radius 1 is 1.42 bits per heavy atom. The van der Waals surface area contributed by atoms with Crippen LogP contribution in [0, 0.1) is 5.92 Å². The lowest BCUT2D eigenvalue weighted by atomic mass is 9.94. The number of nitrogens with zero attached hydrogens (tertiary/aromatic N) is 1. The van der Waals surface area contributed by atoms with E-state index in [0.29, 0.717) is 6.54 Å². The summed E-state index contributed by atoms with van der Waals surface area (Å²) in [7, 11) is 1.90. The Hall–Kier alpha value is -1.55. The minimum atomic E-state index is -1.13. The van der Waals surface area contributed by atoms with Crippen LogP contribution in [0.5, 0.6) is 0 Å². The van der Waals surface area contributed by atoms with Gasteiger partial charge in [-0.2, -0.15) is 0 Å². The number of carbonyl (C=O) groups is 1. The first kappa shape index (κ1) is 13.9. The van der Waals surface area contributed by atoms with Crippen molar-refractivity contribution < 1.29 is 9.90 Å². The summed E-state index contributed by atoms with van der Waals surface area (Å²) in [5, 5.41) is 9.37. The van der Waals surface area contributed by atoms with E-state index in [9.17, 15) is 9.90 Å². The number of carboxylic acid groups (broad SMARTS) is 1. The molecule has 1 aromatic carbocycles. The van der Waals surface area contributed by atoms with Crippen molar-refractivity contribution in [2.24, 2.45) is 11.7 Å². The van der Waals surface area contributed by atoms with Crippen molar-refractivity contribution in [3.63, 3.8) is 0 Å². The van der Waals surface area contributed by atoms with Crippen molar-refractivity contribution in [3.05, 3.63) is 29.8 Å². The highest BCUT2D eigenvalue weighted by Crippen LogP contribution is 2.39. The molecule has 1 atom stereocenters. The first-order valence-electron chi connectivity index (χ1n) is 6.79. The van der Waals surface area contributed by atoms with E-state index in [0.717, 1.165) is 24.9 Å². The monoisotopic (exact) mass is 262 g/mol. The zero-order valence-corrected chi connectivity index (χ0v) is 11.6. The van der Waals surface area contributed by atoms with Gasteiger partial charge in [0.15, 0.2) is 0 Å². The largest absolute Gasteiger partial charge is 0.480 e. The fourth-order valence-corrected chi connectivity index (χ4v) is 2.44. The van der Waals surface area contributed by atoms with Crippen LogP contribution >= 0.6 is 0 Å². The summed E-state index contributed by atoms with van der Waals surface area (Å²) in [4.78, 5) is 13.4. The molecule has 4 nitrogen and oxygen atoms in total. The molecule has 1 fully saturated rings. The normalized spacial score (nSPS) is 17.8. The number of benzene rings is 1. The second kappa shape index (κ2) is 5.21. The van der Waals surface area contributed by atoms with Crippen LogP contribution in [-0.2, 0) is 11.2 Å². The average Bonchev–Trinajstić information content (AvgIpc) is 3.23. The van der Waals surface area contributed by atoms with Crippen LogP contribution in [0.4, 0.5) is 5.69 Å². The Morgan fingerprint density at radius 3 is 2.42 bits per heavy atom. The number of rotatable bonds is 6. The van der Waals surface area contributed by atoms with Gasteiger partial charge in [-0.1, -0.05) is 19.1 Å². The molecule has 1 aliphatic carbocycles. The van der Waals surface area contributed by atoms with Gasteiger partial charge in [0.05, 0.1) is 0 Å². The highest BCUT2D eigenvalue weighted by molar-refractivity contribution is 5.80. The van der Waals surface area contributed by atoms with Gasteiger partial charge < -0.3 is 15.7 Å². The molecule has 3 N–H and O–H groups in total. The fraction of sp³-hybridized carbons (Fsp3) is 0.533. The molecule has 2 rings (SSSR count). The lowest BCUT2D eigenvalue weighted by Gasteiger charge is -2.31. The van der Waals surface area contributed by atoms with Gasteiger partial charge >= 0.3 is 5.97 Å². The number of aliphatic carboxylic acids is 1. The van der Waals surface area contributed by atoms with Crippen LogP contribution < -0.4 is 10.6 Å². The van der Waals surface area contributed by atoms with Crippen LogP contribution in [0.2, 0.25) is 0 Å². The Labute approximate surface area is 114 Å². The summed E-state index contributed by atoms with van der Waals surface area (Å²) in [5.41, 5.74) is 7.26. The SMILES string of the molecule is CCc1ccc(N(C)CC(N)(C(=O)O)C2CC2)cc1. The van der Waals surface area contributed by atoms with Crippen molar-refractivity contribution in [2.45, 2.75) is 31.7 Å². The molecule has 0 saturated heterocycles. The zero-order valence-electron chi connectivity index (χ0n) is 11.6. The smallest absolute Gasteiger partial charge is 0.325 e. The molecule has 19 heavy (non-hydrogen) atoms. The predicted molar refractivity (Wildman–Crippen MR) is 76.4 cm³/mol. The molecule has 0 heterocycles. The molecule has 1 unspecified atom stereocenters. The summed E-state index contributed by atoms with van der Waals surface area (Å²) in [6.07, 6.45) is 2.85. The number of anilines is 1. The van der Waals surface area contributed by atoms with Crippen LogP contribution in [-0.4, -0.2) is 30.2 Å². The van der Waals surface area contributed by atoms with E-state index in [1.54, 1.807) is 0 Å². The maximum Gasteiger partial charge on any atom is 0.325 e. The second-order valence-electron chi connectivity index (χ2n) is 5.50. The van der Waals surface area contributed by atoms with Crippen molar-refractivity contribution in [1.82, 2.24) is 0 Å². The molecule has 0 amide bonds. The third-order valence-electron chi connectivity index (χ3n) is 3.99. The van der Waals surface area contributed by atoms with E-state index in [-0.39, 0.29) is 5.92 Å². The maximum atomic E-state index is 11.4. The van der Waals surface area contributed by atoms with E-state index in [1.165, 1.54) is 5.56 Å². The zero-order chi connectivity index (χ0) is 14.0. The number of nitrogens with two attached hydrogens (primary N) is 1. The first-order chi connectivity index (χ1) is 8.97. The summed E-state index contributed by atoms with van der Waals surface area (Å²) in [6, 6.07) is 8.19. The third kappa shape index (κ3) is 2.89. The van der Waals surface area contributed by atoms with Gasteiger partial charge in [0.25, 0.3) is 0 Å². The van der Waals surface area contributed by atoms with Crippen LogP contribution in [0.3, 0.4) is 0 Å². The van der Waals surface area contributed by atoms with E-state index in [1.807, 2.05) is 24.1 Å². The molecule has 0 spiro atoms. The van der Waals surface area contributed by atoms with Gasteiger partial charge in [0.1, 0.15) is 5.54 Å². The maximum absolute atomic E-state index is 11.4. The molecular weight excluding hydrogens is 240 g/mol. The fourth-order valence-electron chi connectivity index (χ4n) is 2.44. The molecule has 0 aromatic heterocycles. The molecule has 0 radical (unpaired) electrons. The van der Waals surface area contributed by atoms with Crippen LogP contribution in [0.1, 0.15) is 25.3 Å². The summed E-state index contributed by atoms with van der Waals surface area (Å²) < 4.78 is 0. The molecule has 1 aliphatic rings. The number of carboxylic acids is 1. The van der Waals surface area contributed by atoms with Gasteiger partial charge in [0, 0.05) is 19.3 Å². The first-order valence-corrected chi connectivity index (χ1v) is 6.79. The Bertz CT molecular complexity index is 454. The van der Waals surface area contributed by atoms with Gasteiger partial charge in [-0.3, -0.25) is 4.79 Å². The van der Waals surface area contributed by atoms with Gasteiger partial charge in [-0.25, -0.2) is 0 Å². The standard InChI is InChI=1S/C15H22N2O2/c1-3-11-4-8-13(9-5-11)17(2)10-15(16,14(18)19)12-6-7-12/h4-5,8-9,12H,3,6-7,10,16H2,1-2H3,(H,18,19). The lowest BCUT2D eigenvalue weighted by molar-refractivity contribution is -0.143. The molecule has 0 bridgehead atoms. The summed E-state index contributed by atoms with van der Waals surface area (Å²) >= 11 is 0. The number of aryl methyl sites for hydroxylation is 1. The highest BCUT2D eigenvalue weighted by atomic mass is 16.4. The predicted octanol–water partition coefficient (Wildman–Crippen LogP) is 1.88. The molecule has 1 saturated carbocycles. The molecule has 1 aromatic rings. The average molecular weight is 262 g/mol. The summed E-state index contributed by atoms with van der Waals surface area (Å²) in [6.45, 7) is 2.46. The van der Waals surface area contributed by atoms with E-state index in [2.05, 4.69) is 19.1 Å². The van der Waals surface area contributed by atoms with Crippen LogP contribution in [0.15, 0.2) is 24.3 Å². The van der Waals surface area contributed by atoms with Gasteiger partial charge in [0.2, 0.25) is 0 Å². The molecule has 4 heteroatoms. The number of hydrogen-bond acceptors (Lipinski definition) is 3. The Balaban J connectivity index is 2.10. The minimum absolute atomic E-state index is 0.113. The highest BCUT2D eigenvalue weighted by Gasteiger charge is 2.48.